The molecule has 1 rings (SSSR count). The molecular weight excluding hydrogens is 191 g/mol. The first-order valence-corrected chi connectivity index (χ1v) is 3.68. The lowest BCUT2D eigenvalue weighted by Crippen LogP contribution is -2.18. The summed E-state index contributed by atoms with van der Waals surface area (Å²) in [5.41, 5.74) is 3.46. The van der Waals surface area contributed by atoms with Crippen molar-refractivity contribution in [2.75, 3.05) is 0 Å². The van der Waals surface area contributed by atoms with Gasteiger partial charge in [0.1, 0.15) is 0 Å². The molecule has 4 heteroatoms. The Bertz CT molecular complexity index is 495. The molecule has 0 aliphatic rings. The van der Waals surface area contributed by atoms with Gasteiger partial charge in [-0.25, -0.2) is 0 Å². The Hall–Kier alpha value is -1.03. The monoisotopic (exact) mass is 209 g/mol. The van der Waals surface area contributed by atoms with Crippen LogP contribution in [0.15, 0.2) is 24.3 Å². The summed E-state index contributed by atoms with van der Waals surface area (Å²) in [5, 5.41) is 0. The van der Waals surface area contributed by atoms with Gasteiger partial charge in [0.25, 0.3) is 0 Å². The van der Waals surface area contributed by atoms with E-state index in [-0.39, 0.29) is 0 Å². The molecule has 0 radical (unpaired) electrons. The maximum Gasteiger partial charge on any atom is 0.416 e. The Balaban J connectivity index is 3.37. The third kappa shape index (κ3) is 3.03. The molecule has 1 aromatic carbocycles. The second-order valence-corrected chi connectivity index (χ2v) is 2.62. The van der Waals surface area contributed by atoms with Crippen molar-refractivity contribution in [3.05, 3.63) is 35.4 Å². The van der Waals surface area contributed by atoms with Gasteiger partial charge in [-0.15, -0.1) is 0 Å². The van der Waals surface area contributed by atoms with Crippen LogP contribution in [-0.4, -0.2) is 6.02 Å². The molecule has 1 aromatic rings. The van der Waals surface area contributed by atoms with E-state index in [4.69, 9.17) is 14.0 Å². The van der Waals surface area contributed by atoms with Crippen LogP contribution in [-0.2, 0) is 12.5 Å². The van der Waals surface area contributed by atoms with Crippen molar-refractivity contribution in [1.29, 1.82) is 0 Å². The Morgan fingerprint density at radius 3 is 2.93 bits per heavy atom. The smallest absolute Gasteiger partial charge is 0.328 e. The van der Waals surface area contributed by atoms with Crippen molar-refractivity contribution in [1.82, 2.24) is 0 Å². The number of halogens is 3. The summed E-state index contributed by atoms with van der Waals surface area (Å²) in [5.74, 6) is 0. The van der Waals surface area contributed by atoms with Crippen LogP contribution in [0.3, 0.4) is 0 Å². The summed E-state index contributed by atoms with van der Waals surface area (Å²) in [6.45, 7) is -3.20. The number of nitrogens with two attached hydrogens (primary N) is 1. The maximum absolute atomic E-state index is 12.6. The summed E-state index contributed by atoms with van der Waals surface area (Å²) in [4.78, 5) is 0. The average Bonchev–Trinajstić information content (AvgIpc) is 2.26. The Morgan fingerprint density at radius 1 is 1.64 bits per heavy atom. The largest absolute Gasteiger partial charge is 0.416 e. The van der Waals surface area contributed by atoms with Gasteiger partial charge in [0.05, 0.1) is 5.56 Å². The fourth-order valence-corrected chi connectivity index (χ4v) is 0.929. The zero-order chi connectivity index (χ0) is 16.0. The van der Waals surface area contributed by atoms with E-state index in [1.165, 1.54) is 0 Å². The third-order valence-corrected chi connectivity index (χ3v) is 1.47. The quantitative estimate of drug-likeness (QED) is 0.796. The molecule has 0 fully saturated rings. The first-order chi connectivity index (χ1) is 8.71. The molecule has 0 aliphatic carbocycles. The average molecular weight is 209 g/mol. The minimum Gasteiger partial charge on any atom is -0.328 e. The lowest BCUT2D eigenvalue weighted by Gasteiger charge is -2.09. The van der Waals surface area contributed by atoms with Gasteiger partial charge in [-0.3, -0.25) is 0 Å². The highest BCUT2D eigenvalue weighted by atomic mass is 19.4. The lowest BCUT2D eigenvalue weighted by atomic mass is 10.0. The van der Waals surface area contributed by atoms with Crippen LogP contribution in [0, 0.1) is 0 Å². The molecule has 78 valence electrons. The predicted molar refractivity (Wildman–Crippen MR) is 48.8 cm³/mol. The molecule has 0 amide bonds. The van der Waals surface area contributed by atoms with Gasteiger partial charge < -0.3 is 5.73 Å². The topological polar surface area (TPSA) is 26.0 Å². The number of alkyl halides is 3. The van der Waals surface area contributed by atoms with E-state index in [0.29, 0.717) is 6.07 Å². The molecule has 0 spiro atoms. The highest BCUT2D eigenvalue weighted by molar-refractivity contribution is 5.26. The molecule has 0 aromatic heterocycles. The first-order valence-electron chi connectivity index (χ1n) is 6.68. The van der Waals surface area contributed by atoms with E-state index in [2.05, 4.69) is 0 Å². The van der Waals surface area contributed by atoms with Crippen molar-refractivity contribution in [2.24, 2.45) is 5.73 Å². The molecule has 0 heterocycles. The molecular formula is C10H12F3N. The Morgan fingerprint density at radius 2 is 2.36 bits per heavy atom. The molecule has 1 atom stereocenters. The molecule has 0 aliphatic heterocycles. The Kier molecular flexibility index (Phi) is 1.48. The molecule has 0 saturated heterocycles. The third-order valence-electron chi connectivity index (χ3n) is 1.47. The SMILES string of the molecule is [2H]C([2H])([2H])C([2H])(N)C([2H])([2H])c1cccc(C(F)(F)F)c1. The van der Waals surface area contributed by atoms with Crippen molar-refractivity contribution >= 4 is 0 Å². The fourth-order valence-electron chi connectivity index (χ4n) is 0.929. The van der Waals surface area contributed by atoms with E-state index in [1.807, 2.05) is 0 Å². The second-order valence-electron chi connectivity index (χ2n) is 2.62. The standard InChI is InChI=1S/C10H12F3N/c1-7(14)5-8-3-2-4-9(6-8)10(11,12)13/h2-4,6-7H,5,14H2,1H3/i1D3,5D2,7D. The molecule has 0 saturated carbocycles. The maximum atomic E-state index is 12.6. The van der Waals surface area contributed by atoms with Gasteiger partial charge in [0, 0.05) is 14.2 Å². The summed E-state index contributed by atoms with van der Waals surface area (Å²) in [6.07, 6.45) is -7.69. The van der Waals surface area contributed by atoms with Gasteiger partial charge in [-0.05, 0) is 24.9 Å². The van der Waals surface area contributed by atoms with Crippen LogP contribution >= 0.6 is 0 Å². The Labute approximate surface area is 89.2 Å². The van der Waals surface area contributed by atoms with Crippen molar-refractivity contribution < 1.29 is 21.4 Å². The minimum atomic E-state index is -4.70. The highest BCUT2D eigenvalue weighted by Gasteiger charge is 2.30. The molecule has 0 bridgehead atoms. The van der Waals surface area contributed by atoms with Crippen LogP contribution in [0.1, 0.15) is 26.2 Å². The molecule has 1 nitrogen and oxygen atoms in total. The van der Waals surface area contributed by atoms with Gasteiger partial charge in [0.15, 0.2) is 0 Å². The van der Waals surface area contributed by atoms with E-state index in [9.17, 15) is 13.2 Å². The van der Waals surface area contributed by atoms with Crippen LogP contribution in [0.4, 0.5) is 13.2 Å². The highest BCUT2D eigenvalue weighted by Crippen LogP contribution is 2.29. The lowest BCUT2D eigenvalue weighted by molar-refractivity contribution is -0.137. The van der Waals surface area contributed by atoms with Gasteiger partial charge in [-0.1, -0.05) is 18.2 Å². The number of rotatable bonds is 2. The van der Waals surface area contributed by atoms with Gasteiger partial charge in [0.2, 0.25) is 0 Å². The summed E-state index contributed by atoms with van der Waals surface area (Å²) in [7, 11) is 0. The van der Waals surface area contributed by atoms with Crippen LogP contribution in [0.2, 0.25) is 0 Å². The van der Waals surface area contributed by atoms with Gasteiger partial charge >= 0.3 is 6.18 Å². The summed E-state index contributed by atoms with van der Waals surface area (Å²) < 4.78 is 81.8. The zero-order valence-electron chi connectivity index (χ0n) is 13.0. The van der Waals surface area contributed by atoms with E-state index in [1.54, 1.807) is 0 Å². The van der Waals surface area contributed by atoms with Crippen LogP contribution in [0.5, 0.6) is 0 Å². The number of hydrogen-bond acceptors (Lipinski definition) is 1. The normalized spacial score (nSPS) is 24.6. The van der Waals surface area contributed by atoms with Crippen molar-refractivity contribution in [2.45, 2.75) is 25.4 Å². The number of benzene rings is 1. The molecule has 14 heavy (non-hydrogen) atoms. The van der Waals surface area contributed by atoms with Crippen molar-refractivity contribution in [3.8, 4) is 0 Å². The number of hydrogen-bond donors (Lipinski definition) is 1. The molecule has 1 unspecified atom stereocenters. The van der Waals surface area contributed by atoms with Crippen LogP contribution in [0.25, 0.3) is 0 Å². The van der Waals surface area contributed by atoms with Gasteiger partial charge in [-0.2, -0.15) is 13.2 Å². The van der Waals surface area contributed by atoms with E-state index in [0.717, 1.165) is 18.2 Å². The second kappa shape index (κ2) is 4.00. The summed E-state index contributed by atoms with van der Waals surface area (Å²) in [6, 6.07) is 0.00584. The van der Waals surface area contributed by atoms with E-state index >= 15 is 0 Å². The predicted octanol–water partition coefficient (Wildman–Crippen LogP) is 2.60. The zero-order valence-corrected chi connectivity index (χ0v) is 7.02. The first kappa shape index (κ1) is 5.16. The van der Waals surface area contributed by atoms with Crippen molar-refractivity contribution in [3.63, 3.8) is 0 Å². The summed E-state index contributed by atoms with van der Waals surface area (Å²) >= 11 is 0. The fraction of sp³-hybridized carbons (Fsp3) is 0.400. The minimum absolute atomic E-state index is 0.460. The molecule has 2 N–H and O–H groups in total. The van der Waals surface area contributed by atoms with Crippen LogP contribution < -0.4 is 5.73 Å². The van der Waals surface area contributed by atoms with E-state index < -0.39 is 36.5 Å².